The normalized spacial score (nSPS) is 13.0. The molecule has 0 heterocycles. The number of fused-ring (bicyclic) bond motifs is 2. The third-order valence-corrected chi connectivity index (χ3v) is 4.02. The second kappa shape index (κ2) is 4.24. The smallest absolute Gasteiger partial charge is 0.202 e. The molecule has 0 bridgehead atoms. The van der Waals surface area contributed by atoms with Gasteiger partial charge in [-0.05, 0) is 37.1 Å². The second-order valence-corrected chi connectivity index (χ2v) is 5.41. The molecule has 0 saturated carbocycles. The number of hydrogen-bond donors (Lipinski definition) is 4. The Hall–Kier alpha value is -3.02. The van der Waals surface area contributed by atoms with Crippen LogP contribution < -0.4 is 11.5 Å². The maximum Gasteiger partial charge on any atom is 0.202 e. The number of anilines is 2. The molecule has 6 heteroatoms. The van der Waals surface area contributed by atoms with Crippen LogP contribution in [0.4, 0.5) is 11.4 Å². The van der Waals surface area contributed by atoms with Crippen LogP contribution in [0.5, 0.6) is 11.5 Å². The lowest BCUT2D eigenvalue weighted by molar-refractivity contribution is 0.0975. The molecule has 0 saturated heterocycles. The largest absolute Gasteiger partial charge is 0.507 e. The molecule has 112 valence electrons. The number of aromatic hydroxyl groups is 2. The Bertz CT molecular complexity index is 815. The summed E-state index contributed by atoms with van der Waals surface area (Å²) < 4.78 is 0. The molecule has 6 N–H and O–H groups in total. The van der Waals surface area contributed by atoms with E-state index in [2.05, 4.69) is 0 Å². The number of hydrogen-bond acceptors (Lipinski definition) is 6. The summed E-state index contributed by atoms with van der Waals surface area (Å²) in [6, 6.07) is 2.64. The molecule has 3 rings (SSSR count). The summed E-state index contributed by atoms with van der Waals surface area (Å²) in [5, 5.41) is 20.1. The molecule has 2 aromatic rings. The predicted molar refractivity (Wildman–Crippen MR) is 81.4 cm³/mol. The minimum Gasteiger partial charge on any atom is -0.507 e. The molecule has 0 aromatic heterocycles. The van der Waals surface area contributed by atoms with Crippen LogP contribution in [0.3, 0.4) is 0 Å². The monoisotopic (exact) mass is 298 g/mol. The zero-order valence-electron chi connectivity index (χ0n) is 12.0. The highest BCUT2D eigenvalue weighted by Gasteiger charge is 2.38. The first-order valence-electron chi connectivity index (χ1n) is 6.59. The van der Waals surface area contributed by atoms with Crippen LogP contribution in [-0.4, -0.2) is 21.8 Å². The summed E-state index contributed by atoms with van der Waals surface area (Å²) in [5.74, 6) is -1.93. The first kappa shape index (κ1) is 13.9. The number of aryl methyl sites for hydroxylation is 2. The van der Waals surface area contributed by atoms with Gasteiger partial charge in [-0.1, -0.05) is 0 Å². The van der Waals surface area contributed by atoms with Crippen LogP contribution in [0.2, 0.25) is 0 Å². The van der Waals surface area contributed by atoms with Gasteiger partial charge in [0, 0.05) is 11.4 Å². The third kappa shape index (κ3) is 1.54. The Morgan fingerprint density at radius 2 is 1.05 bits per heavy atom. The highest BCUT2D eigenvalue weighted by atomic mass is 16.3. The average molecular weight is 298 g/mol. The van der Waals surface area contributed by atoms with Crippen molar-refractivity contribution < 1.29 is 19.8 Å². The van der Waals surface area contributed by atoms with Crippen LogP contribution in [0.25, 0.3) is 0 Å². The molecular formula is C16H14N2O4. The molecule has 1 aliphatic rings. The number of ketones is 2. The lowest BCUT2D eigenvalue weighted by atomic mass is 9.80. The fourth-order valence-electron chi connectivity index (χ4n) is 2.81. The van der Waals surface area contributed by atoms with Crippen molar-refractivity contribution in [2.24, 2.45) is 0 Å². The topological polar surface area (TPSA) is 127 Å². The maximum atomic E-state index is 12.8. The van der Waals surface area contributed by atoms with Crippen molar-refractivity contribution in [1.82, 2.24) is 0 Å². The minimum atomic E-state index is -0.669. The van der Waals surface area contributed by atoms with Gasteiger partial charge >= 0.3 is 0 Å². The molecular weight excluding hydrogens is 284 g/mol. The molecule has 0 fully saturated rings. The lowest BCUT2D eigenvalue weighted by Gasteiger charge is -2.23. The van der Waals surface area contributed by atoms with Crippen molar-refractivity contribution in [1.29, 1.82) is 0 Å². The zero-order chi connectivity index (χ0) is 16.3. The molecule has 2 aromatic carbocycles. The molecule has 0 aliphatic heterocycles. The van der Waals surface area contributed by atoms with Gasteiger partial charge in [0.15, 0.2) is 5.78 Å². The molecule has 0 unspecified atom stereocenters. The molecule has 22 heavy (non-hydrogen) atoms. The van der Waals surface area contributed by atoms with Gasteiger partial charge in [-0.15, -0.1) is 0 Å². The van der Waals surface area contributed by atoms with Gasteiger partial charge in [-0.3, -0.25) is 9.59 Å². The first-order chi connectivity index (χ1) is 10.3. The van der Waals surface area contributed by atoms with E-state index in [9.17, 15) is 19.8 Å². The van der Waals surface area contributed by atoms with Gasteiger partial charge in [0.05, 0.1) is 22.3 Å². The maximum absolute atomic E-state index is 12.8. The third-order valence-electron chi connectivity index (χ3n) is 4.02. The van der Waals surface area contributed by atoms with Crippen LogP contribution in [0.1, 0.15) is 43.0 Å². The van der Waals surface area contributed by atoms with Gasteiger partial charge in [0.2, 0.25) is 5.78 Å². The fourth-order valence-corrected chi connectivity index (χ4v) is 2.81. The van der Waals surface area contributed by atoms with Crippen molar-refractivity contribution >= 4 is 22.9 Å². The van der Waals surface area contributed by atoms with E-state index in [-0.39, 0.29) is 45.1 Å². The van der Waals surface area contributed by atoms with Gasteiger partial charge in [0.1, 0.15) is 11.5 Å². The average Bonchev–Trinajstić information content (AvgIpc) is 2.44. The molecule has 1 aliphatic carbocycles. The van der Waals surface area contributed by atoms with Crippen LogP contribution in [-0.2, 0) is 0 Å². The van der Waals surface area contributed by atoms with Gasteiger partial charge in [0.25, 0.3) is 0 Å². The number of nitrogens with two attached hydrogens (primary N) is 2. The fraction of sp³-hybridized carbons (Fsp3) is 0.125. The van der Waals surface area contributed by atoms with Crippen molar-refractivity contribution in [3.8, 4) is 11.5 Å². The second-order valence-electron chi connectivity index (χ2n) is 5.41. The van der Waals surface area contributed by atoms with Gasteiger partial charge < -0.3 is 21.7 Å². The highest BCUT2D eigenvalue weighted by molar-refractivity contribution is 6.33. The van der Waals surface area contributed by atoms with E-state index < -0.39 is 11.6 Å². The Balaban J connectivity index is 2.49. The SMILES string of the molecule is Cc1cc(O)c2c(c1N)C(=O)c1c(N)c(C)cc(O)c1C2=O. The number of rotatable bonds is 0. The van der Waals surface area contributed by atoms with Crippen molar-refractivity contribution in [3.63, 3.8) is 0 Å². The van der Waals surface area contributed by atoms with Crippen LogP contribution >= 0.6 is 0 Å². The van der Waals surface area contributed by atoms with Crippen molar-refractivity contribution in [2.75, 3.05) is 11.5 Å². The number of phenolic OH excluding ortho intramolecular Hbond substituents is 2. The molecule has 0 amide bonds. The summed E-state index contributed by atoms with van der Waals surface area (Å²) in [4.78, 5) is 25.4. The van der Waals surface area contributed by atoms with E-state index in [1.54, 1.807) is 13.8 Å². The molecule has 0 radical (unpaired) electrons. The Labute approximate surface area is 126 Å². The number of carbonyl (C=O) groups is 2. The number of benzene rings is 2. The summed E-state index contributed by atoms with van der Waals surface area (Å²) in [6.07, 6.45) is 0. The van der Waals surface area contributed by atoms with E-state index in [4.69, 9.17) is 11.5 Å². The van der Waals surface area contributed by atoms with Crippen LogP contribution in [0.15, 0.2) is 12.1 Å². The molecule has 6 nitrogen and oxygen atoms in total. The van der Waals surface area contributed by atoms with E-state index >= 15 is 0 Å². The number of phenols is 2. The summed E-state index contributed by atoms with van der Waals surface area (Å²) in [7, 11) is 0. The van der Waals surface area contributed by atoms with Gasteiger partial charge in [-0.2, -0.15) is 0 Å². The zero-order valence-corrected chi connectivity index (χ0v) is 12.0. The van der Waals surface area contributed by atoms with Crippen LogP contribution in [0, 0.1) is 13.8 Å². The highest BCUT2D eigenvalue weighted by Crippen LogP contribution is 2.42. The number of carbonyl (C=O) groups excluding carboxylic acids is 2. The number of nitrogen functional groups attached to an aromatic ring is 2. The summed E-state index contributed by atoms with van der Waals surface area (Å²) >= 11 is 0. The molecule has 0 spiro atoms. The Morgan fingerprint density at radius 1 is 0.727 bits per heavy atom. The van der Waals surface area contributed by atoms with Crippen molar-refractivity contribution in [3.05, 3.63) is 45.5 Å². The predicted octanol–water partition coefficient (Wildman–Crippen LogP) is 1.65. The lowest BCUT2D eigenvalue weighted by Crippen LogP contribution is -2.25. The van der Waals surface area contributed by atoms with Crippen molar-refractivity contribution in [2.45, 2.75) is 13.8 Å². The van der Waals surface area contributed by atoms with E-state index in [0.717, 1.165) is 0 Å². The molecule has 0 atom stereocenters. The van der Waals surface area contributed by atoms with Gasteiger partial charge in [-0.25, -0.2) is 0 Å². The quantitative estimate of drug-likeness (QED) is 0.369. The van der Waals surface area contributed by atoms with E-state index in [1.807, 2.05) is 0 Å². The van der Waals surface area contributed by atoms with E-state index in [1.165, 1.54) is 12.1 Å². The van der Waals surface area contributed by atoms with E-state index in [0.29, 0.717) is 11.1 Å². The first-order valence-corrected chi connectivity index (χ1v) is 6.59. The Morgan fingerprint density at radius 3 is 1.41 bits per heavy atom. The Kier molecular flexibility index (Phi) is 2.68. The summed E-state index contributed by atoms with van der Waals surface area (Å²) in [6.45, 7) is 3.25. The summed E-state index contributed by atoms with van der Waals surface area (Å²) in [5.41, 5.74) is 12.5. The standard InChI is InChI=1S/C16H14N2O4/c1-5-3-7(19)9-11(13(5)17)16(22)12-10(15(9)21)8(20)4-6(2)14(12)18/h3-4,19-20H,17-18H2,1-2H3. The minimum absolute atomic E-state index is 0.0632.